The van der Waals surface area contributed by atoms with Crippen molar-refractivity contribution in [1.82, 2.24) is 0 Å². The van der Waals surface area contributed by atoms with Crippen molar-refractivity contribution in [2.45, 2.75) is 13.0 Å². The smallest absolute Gasteiger partial charge is 0.291 e. The highest BCUT2D eigenvalue weighted by atomic mass is 19.3. The lowest BCUT2D eigenvalue weighted by Crippen LogP contribution is -2.12. The summed E-state index contributed by atoms with van der Waals surface area (Å²) in [6.07, 6.45) is -2.78. The van der Waals surface area contributed by atoms with Crippen molar-refractivity contribution in [1.29, 1.82) is 0 Å². The first-order valence-electron chi connectivity index (χ1n) is 9.19. The molecule has 0 fully saturated rings. The number of ether oxygens (including phenoxy) is 2. The first-order chi connectivity index (χ1) is 15.7. The number of nitro groups is 2. The number of carbonyl (C=O) groups is 1. The van der Waals surface area contributed by atoms with E-state index < -0.39 is 34.5 Å². The Balaban J connectivity index is 1.65. The third kappa shape index (κ3) is 6.46. The Labute approximate surface area is 183 Å². The maximum Gasteiger partial charge on any atom is 0.291 e. The number of halogens is 2. The topological polar surface area (TPSA) is 147 Å². The summed E-state index contributed by atoms with van der Waals surface area (Å²) in [5, 5.41) is 24.1. The normalized spacial score (nSPS) is 10.6. The van der Waals surface area contributed by atoms with Crippen LogP contribution in [0.5, 0.6) is 11.5 Å². The van der Waals surface area contributed by atoms with Gasteiger partial charge < -0.3 is 19.2 Å². The fourth-order valence-electron chi connectivity index (χ4n) is 2.59. The molecule has 1 heterocycles. The number of nitrogens with one attached hydrogen (secondary N) is 1. The number of alkyl halides is 2. The predicted molar refractivity (Wildman–Crippen MR) is 109 cm³/mol. The van der Waals surface area contributed by atoms with Crippen LogP contribution in [-0.2, 0) is 6.61 Å². The van der Waals surface area contributed by atoms with Gasteiger partial charge >= 0.3 is 0 Å². The van der Waals surface area contributed by atoms with Gasteiger partial charge in [0.1, 0.15) is 30.5 Å². The summed E-state index contributed by atoms with van der Waals surface area (Å²) < 4.78 is 40.3. The monoisotopic (exact) mass is 463 g/mol. The quantitative estimate of drug-likeness (QED) is 0.340. The van der Waals surface area contributed by atoms with E-state index in [1.807, 2.05) is 0 Å². The van der Waals surface area contributed by atoms with Gasteiger partial charge in [0.05, 0.1) is 21.6 Å². The van der Waals surface area contributed by atoms with Gasteiger partial charge in [-0.25, -0.2) is 8.78 Å². The molecule has 0 saturated heterocycles. The molecule has 13 heteroatoms. The molecule has 0 bridgehead atoms. The van der Waals surface area contributed by atoms with Crippen LogP contribution in [0, 0.1) is 20.2 Å². The molecule has 2 aromatic carbocycles. The van der Waals surface area contributed by atoms with Crippen LogP contribution < -0.4 is 14.8 Å². The Morgan fingerprint density at radius 1 is 0.939 bits per heavy atom. The summed E-state index contributed by atoms with van der Waals surface area (Å²) in [5.41, 5.74) is -0.615. The molecule has 33 heavy (non-hydrogen) atoms. The van der Waals surface area contributed by atoms with E-state index in [4.69, 9.17) is 13.9 Å². The molecule has 1 amide bonds. The van der Waals surface area contributed by atoms with E-state index in [9.17, 15) is 33.8 Å². The number of carbonyl (C=O) groups excluding carboxylic acids is 1. The molecule has 11 nitrogen and oxygen atoms in total. The maximum absolute atomic E-state index is 12.4. The molecular formula is C20H15F2N3O8. The van der Waals surface area contributed by atoms with Crippen molar-refractivity contribution < 1.29 is 37.3 Å². The number of rotatable bonds is 10. The summed E-state index contributed by atoms with van der Waals surface area (Å²) in [6, 6.07) is 11.3. The standard InChI is InChI=1S/C20H15F2N3O8/c21-19(22)11-32-17-8-12(7-14(9-17)25(29)30)23-20(26)18-6-5-16(33-18)10-31-15-3-1-13(2-4-15)24(27)28/h1-9,19H,10-11H2,(H,23,26). The molecule has 0 saturated carbocycles. The van der Waals surface area contributed by atoms with Gasteiger partial charge in [-0.1, -0.05) is 0 Å². The van der Waals surface area contributed by atoms with E-state index in [0.29, 0.717) is 5.75 Å². The molecule has 0 aliphatic rings. The Morgan fingerprint density at radius 3 is 2.27 bits per heavy atom. The van der Waals surface area contributed by atoms with E-state index >= 15 is 0 Å². The number of amides is 1. The molecule has 1 N–H and O–H groups in total. The highest BCUT2D eigenvalue weighted by molar-refractivity contribution is 6.02. The number of furan rings is 1. The van der Waals surface area contributed by atoms with E-state index in [-0.39, 0.29) is 35.3 Å². The fraction of sp³-hybridized carbons (Fsp3) is 0.150. The molecule has 0 radical (unpaired) electrons. The average Bonchev–Trinajstić information content (AvgIpc) is 3.25. The third-order valence-corrected chi connectivity index (χ3v) is 4.05. The second-order valence-electron chi connectivity index (χ2n) is 6.43. The Bertz CT molecular complexity index is 1160. The van der Waals surface area contributed by atoms with Crippen LogP contribution >= 0.6 is 0 Å². The van der Waals surface area contributed by atoms with E-state index in [1.165, 1.54) is 36.4 Å². The number of nitrogens with zero attached hydrogens (tertiary/aromatic N) is 2. The Kier molecular flexibility index (Phi) is 7.13. The minimum atomic E-state index is -2.78. The zero-order valence-electron chi connectivity index (χ0n) is 16.6. The van der Waals surface area contributed by atoms with Crippen molar-refractivity contribution in [3.63, 3.8) is 0 Å². The van der Waals surface area contributed by atoms with Crippen LogP contribution in [0.4, 0.5) is 25.8 Å². The van der Waals surface area contributed by atoms with Crippen LogP contribution in [-0.4, -0.2) is 28.8 Å². The van der Waals surface area contributed by atoms with Gasteiger partial charge in [0.15, 0.2) is 5.76 Å². The predicted octanol–water partition coefficient (Wildman–Crippen LogP) is 4.57. The maximum atomic E-state index is 12.4. The van der Waals surface area contributed by atoms with E-state index in [1.54, 1.807) is 0 Å². The van der Waals surface area contributed by atoms with Crippen LogP contribution in [0.3, 0.4) is 0 Å². The first kappa shape index (κ1) is 23.1. The average molecular weight is 463 g/mol. The van der Waals surface area contributed by atoms with Gasteiger partial charge in [-0.3, -0.25) is 25.0 Å². The van der Waals surface area contributed by atoms with E-state index in [0.717, 1.165) is 18.2 Å². The fourth-order valence-corrected chi connectivity index (χ4v) is 2.59. The molecular weight excluding hydrogens is 448 g/mol. The zero-order chi connectivity index (χ0) is 24.0. The molecule has 3 aromatic rings. The highest BCUT2D eigenvalue weighted by Gasteiger charge is 2.17. The lowest BCUT2D eigenvalue weighted by molar-refractivity contribution is -0.385. The van der Waals surface area contributed by atoms with Crippen LogP contribution in [0.25, 0.3) is 0 Å². The van der Waals surface area contributed by atoms with Crippen molar-refractivity contribution in [3.05, 3.63) is 86.3 Å². The van der Waals surface area contributed by atoms with Gasteiger partial charge in [-0.05, 0) is 24.3 Å². The minimum Gasteiger partial charge on any atom is -0.487 e. The van der Waals surface area contributed by atoms with Crippen LogP contribution in [0.1, 0.15) is 16.3 Å². The molecule has 0 unspecified atom stereocenters. The molecule has 0 spiro atoms. The number of nitro benzene ring substituents is 2. The van der Waals surface area contributed by atoms with Gasteiger partial charge in [-0.2, -0.15) is 0 Å². The number of benzene rings is 2. The second kappa shape index (κ2) is 10.2. The second-order valence-corrected chi connectivity index (χ2v) is 6.43. The van der Waals surface area contributed by atoms with Gasteiger partial charge in [-0.15, -0.1) is 0 Å². The summed E-state index contributed by atoms with van der Waals surface area (Å²) in [7, 11) is 0. The minimum absolute atomic E-state index is 0.0569. The van der Waals surface area contributed by atoms with Crippen molar-refractivity contribution in [3.8, 4) is 11.5 Å². The molecule has 0 aliphatic heterocycles. The van der Waals surface area contributed by atoms with Crippen LogP contribution in [0.15, 0.2) is 59.0 Å². The van der Waals surface area contributed by atoms with Crippen molar-refractivity contribution >= 4 is 23.0 Å². The summed E-state index contributed by atoms with van der Waals surface area (Å²) in [4.78, 5) is 32.8. The van der Waals surface area contributed by atoms with Crippen molar-refractivity contribution in [2.24, 2.45) is 0 Å². The summed E-state index contributed by atoms with van der Waals surface area (Å²) in [5.74, 6) is -0.499. The summed E-state index contributed by atoms with van der Waals surface area (Å²) in [6.45, 7) is -1.04. The Hall–Kier alpha value is -4.55. The molecule has 3 rings (SSSR count). The van der Waals surface area contributed by atoms with Crippen LogP contribution in [0.2, 0.25) is 0 Å². The van der Waals surface area contributed by atoms with Gasteiger partial charge in [0.25, 0.3) is 23.7 Å². The third-order valence-electron chi connectivity index (χ3n) is 4.05. The molecule has 1 aromatic heterocycles. The number of anilines is 1. The lowest BCUT2D eigenvalue weighted by atomic mass is 10.2. The number of non-ortho nitro benzene ring substituents is 2. The number of hydrogen-bond acceptors (Lipinski definition) is 8. The molecule has 0 aliphatic carbocycles. The lowest BCUT2D eigenvalue weighted by Gasteiger charge is -2.09. The van der Waals surface area contributed by atoms with Crippen molar-refractivity contribution in [2.75, 3.05) is 11.9 Å². The highest BCUT2D eigenvalue weighted by Crippen LogP contribution is 2.27. The summed E-state index contributed by atoms with van der Waals surface area (Å²) >= 11 is 0. The largest absolute Gasteiger partial charge is 0.487 e. The SMILES string of the molecule is O=C(Nc1cc(OCC(F)F)cc([N+](=O)[O-])c1)c1ccc(COc2ccc([N+](=O)[O-])cc2)o1. The molecule has 0 atom stereocenters. The van der Waals surface area contributed by atoms with E-state index in [2.05, 4.69) is 5.32 Å². The molecule has 172 valence electrons. The first-order valence-corrected chi connectivity index (χ1v) is 9.19. The van der Waals surface area contributed by atoms with Gasteiger partial charge in [0, 0.05) is 24.3 Å². The Morgan fingerprint density at radius 2 is 1.64 bits per heavy atom. The zero-order valence-corrected chi connectivity index (χ0v) is 16.6. The van der Waals surface area contributed by atoms with Gasteiger partial charge in [0.2, 0.25) is 0 Å². The number of hydrogen-bond donors (Lipinski definition) is 1.